The molecule has 0 aliphatic heterocycles. The van der Waals surface area contributed by atoms with Gasteiger partial charge < -0.3 is 10.6 Å². The minimum Gasteiger partial charge on any atom is -0.398 e. The summed E-state index contributed by atoms with van der Waals surface area (Å²) in [4.78, 5) is 13.8. The van der Waals surface area contributed by atoms with E-state index in [1.165, 1.54) is 11.0 Å². The summed E-state index contributed by atoms with van der Waals surface area (Å²) in [5.74, 6) is -0.255. The van der Waals surface area contributed by atoms with E-state index in [-0.39, 0.29) is 5.91 Å². The number of nitriles is 1. The van der Waals surface area contributed by atoms with Crippen LogP contribution in [0.4, 0.5) is 11.4 Å². The van der Waals surface area contributed by atoms with E-state index in [1.807, 2.05) is 0 Å². The average Bonchev–Trinajstić information content (AvgIpc) is 2.48. The molecule has 0 spiro atoms. The summed E-state index contributed by atoms with van der Waals surface area (Å²) in [6.07, 6.45) is 0. The number of hydrogen-bond donors (Lipinski definition) is 1. The van der Waals surface area contributed by atoms with Gasteiger partial charge in [0.2, 0.25) is 0 Å². The Hall–Kier alpha value is -2.51. The molecule has 0 radical (unpaired) electrons. The molecule has 0 heterocycles. The van der Waals surface area contributed by atoms with Crippen LogP contribution in [0.25, 0.3) is 0 Å². The number of carbonyl (C=O) groups excluding carboxylic acids is 1. The molecule has 0 aliphatic rings. The summed E-state index contributed by atoms with van der Waals surface area (Å²) in [6.45, 7) is 0. The first-order chi connectivity index (χ1) is 9.54. The standard InChI is InChI=1S/C15H12ClN3O/c1-19(14-5-3-2-4-11(14)9-17)15(20)10-6-7-13(18)12(16)8-10/h2-8H,18H2,1H3. The normalized spacial score (nSPS) is 9.85. The van der Waals surface area contributed by atoms with Gasteiger partial charge in [0.1, 0.15) is 6.07 Å². The quantitative estimate of drug-likeness (QED) is 0.862. The maximum Gasteiger partial charge on any atom is 0.258 e. The Morgan fingerprint density at radius 3 is 2.65 bits per heavy atom. The van der Waals surface area contributed by atoms with Crippen molar-refractivity contribution in [1.82, 2.24) is 0 Å². The van der Waals surface area contributed by atoms with E-state index in [2.05, 4.69) is 6.07 Å². The lowest BCUT2D eigenvalue weighted by Gasteiger charge is -2.18. The van der Waals surface area contributed by atoms with E-state index >= 15 is 0 Å². The van der Waals surface area contributed by atoms with Crippen LogP contribution in [-0.4, -0.2) is 13.0 Å². The van der Waals surface area contributed by atoms with Gasteiger partial charge in [0.25, 0.3) is 5.91 Å². The zero-order valence-electron chi connectivity index (χ0n) is 10.8. The molecule has 0 fully saturated rings. The van der Waals surface area contributed by atoms with Crippen LogP contribution in [0.1, 0.15) is 15.9 Å². The van der Waals surface area contributed by atoms with Gasteiger partial charge >= 0.3 is 0 Å². The molecule has 100 valence electrons. The molecule has 2 N–H and O–H groups in total. The zero-order valence-corrected chi connectivity index (χ0v) is 11.6. The van der Waals surface area contributed by atoms with E-state index in [9.17, 15) is 4.79 Å². The second-order valence-electron chi connectivity index (χ2n) is 4.23. The molecular formula is C15H12ClN3O. The van der Waals surface area contributed by atoms with Gasteiger partial charge in [-0.2, -0.15) is 5.26 Å². The van der Waals surface area contributed by atoms with Crippen LogP contribution in [0.3, 0.4) is 0 Å². The number of nitrogen functional groups attached to an aromatic ring is 1. The second-order valence-corrected chi connectivity index (χ2v) is 4.64. The molecule has 20 heavy (non-hydrogen) atoms. The fourth-order valence-corrected chi connectivity index (χ4v) is 2.00. The van der Waals surface area contributed by atoms with Crippen molar-refractivity contribution < 1.29 is 4.79 Å². The first-order valence-corrected chi connectivity index (χ1v) is 6.24. The average molecular weight is 286 g/mol. The number of hydrogen-bond acceptors (Lipinski definition) is 3. The smallest absolute Gasteiger partial charge is 0.258 e. The highest BCUT2D eigenvalue weighted by Crippen LogP contribution is 2.23. The van der Waals surface area contributed by atoms with Crippen molar-refractivity contribution in [3.8, 4) is 6.07 Å². The molecule has 0 bridgehead atoms. The molecule has 0 aromatic heterocycles. The molecule has 2 aromatic carbocycles. The molecule has 0 unspecified atom stereocenters. The molecule has 4 nitrogen and oxygen atoms in total. The third-order valence-electron chi connectivity index (χ3n) is 2.94. The first-order valence-electron chi connectivity index (χ1n) is 5.87. The predicted octanol–water partition coefficient (Wildman–Crippen LogP) is 3.07. The van der Waals surface area contributed by atoms with Crippen LogP contribution in [0.2, 0.25) is 5.02 Å². The SMILES string of the molecule is CN(C(=O)c1ccc(N)c(Cl)c1)c1ccccc1C#N. The highest BCUT2D eigenvalue weighted by atomic mass is 35.5. The molecule has 0 aliphatic carbocycles. The summed E-state index contributed by atoms with van der Waals surface area (Å²) >= 11 is 5.92. The van der Waals surface area contributed by atoms with Crippen molar-refractivity contribution in [3.63, 3.8) is 0 Å². The second kappa shape index (κ2) is 5.64. The van der Waals surface area contributed by atoms with Crippen molar-refractivity contribution in [2.24, 2.45) is 0 Å². The van der Waals surface area contributed by atoms with Gasteiger partial charge in [-0.05, 0) is 30.3 Å². The van der Waals surface area contributed by atoms with Crippen molar-refractivity contribution in [1.29, 1.82) is 5.26 Å². The van der Waals surface area contributed by atoms with Crippen LogP contribution in [0.15, 0.2) is 42.5 Å². The van der Waals surface area contributed by atoms with Gasteiger partial charge in [-0.15, -0.1) is 0 Å². The monoisotopic (exact) mass is 285 g/mol. The molecule has 0 saturated heterocycles. The lowest BCUT2D eigenvalue weighted by Crippen LogP contribution is -2.27. The summed E-state index contributed by atoms with van der Waals surface area (Å²) in [5.41, 5.74) is 7.44. The van der Waals surface area contributed by atoms with Gasteiger partial charge in [-0.1, -0.05) is 23.7 Å². The molecule has 1 amide bonds. The van der Waals surface area contributed by atoms with Crippen LogP contribution in [0.5, 0.6) is 0 Å². The largest absolute Gasteiger partial charge is 0.398 e. The summed E-state index contributed by atoms with van der Waals surface area (Å²) < 4.78 is 0. The highest BCUT2D eigenvalue weighted by molar-refractivity contribution is 6.33. The minimum atomic E-state index is -0.255. The summed E-state index contributed by atoms with van der Waals surface area (Å²) in [6, 6.07) is 13.7. The number of para-hydroxylation sites is 1. The van der Waals surface area contributed by atoms with Gasteiger partial charge in [-0.3, -0.25) is 4.79 Å². The van der Waals surface area contributed by atoms with Crippen molar-refractivity contribution in [2.45, 2.75) is 0 Å². The molecule has 2 rings (SSSR count). The fraction of sp³-hybridized carbons (Fsp3) is 0.0667. The zero-order chi connectivity index (χ0) is 14.7. The number of nitrogens with two attached hydrogens (primary N) is 1. The summed E-state index contributed by atoms with van der Waals surface area (Å²) in [5, 5.41) is 9.41. The van der Waals surface area contributed by atoms with E-state index in [4.69, 9.17) is 22.6 Å². The number of rotatable bonds is 2. The molecule has 0 atom stereocenters. The van der Waals surface area contributed by atoms with Gasteiger partial charge in [0.05, 0.1) is 22.0 Å². The summed E-state index contributed by atoms with van der Waals surface area (Å²) in [7, 11) is 1.61. The Bertz CT molecular complexity index is 707. The van der Waals surface area contributed by atoms with Crippen LogP contribution >= 0.6 is 11.6 Å². The third kappa shape index (κ3) is 2.58. The lowest BCUT2D eigenvalue weighted by atomic mass is 10.1. The van der Waals surface area contributed by atoms with Crippen LogP contribution in [0, 0.1) is 11.3 Å². The van der Waals surface area contributed by atoms with E-state index in [0.717, 1.165) is 0 Å². The van der Waals surface area contributed by atoms with Gasteiger partial charge in [0.15, 0.2) is 0 Å². The number of benzene rings is 2. The Kier molecular flexibility index (Phi) is 3.92. The fourth-order valence-electron chi connectivity index (χ4n) is 1.82. The van der Waals surface area contributed by atoms with Gasteiger partial charge in [0, 0.05) is 12.6 Å². The Morgan fingerprint density at radius 1 is 1.30 bits per heavy atom. The van der Waals surface area contributed by atoms with Gasteiger partial charge in [-0.25, -0.2) is 0 Å². The number of anilines is 2. The lowest BCUT2D eigenvalue weighted by molar-refractivity contribution is 0.0993. The molecule has 2 aromatic rings. The molecule has 5 heteroatoms. The highest BCUT2D eigenvalue weighted by Gasteiger charge is 2.16. The van der Waals surface area contributed by atoms with Crippen molar-refractivity contribution in [2.75, 3.05) is 17.7 Å². The Morgan fingerprint density at radius 2 is 2.00 bits per heavy atom. The minimum absolute atomic E-state index is 0.255. The predicted molar refractivity (Wildman–Crippen MR) is 79.8 cm³/mol. The number of amides is 1. The van der Waals surface area contributed by atoms with E-state index in [1.54, 1.807) is 43.4 Å². The third-order valence-corrected chi connectivity index (χ3v) is 3.27. The van der Waals surface area contributed by atoms with E-state index < -0.39 is 0 Å². The maximum absolute atomic E-state index is 12.4. The van der Waals surface area contributed by atoms with Crippen LogP contribution < -0.4 is 10.6 Å². The topological polar surface area (TPSA) is 70.1 Å². The number of carbonyl (C=O) groups is 1. The Balaban J connectivity index is 2.38. The van der Waals surface area contributed by atoms with Crippen molar-refractivity contribution in [3.05, 3.63) is 58.6 Å². The maximum atomic E-state index is 12.4. The molecular weight excluding hydrogens is 274 g/mol. The first kappa shape index (κ1) is 13.9. The van der Waals surface area contributed by atoms with E-state index in [0.29, 0.717) is 27.5 Å². The van der Waals surface area contributed by atoms with Crippen molar-refractivity contribution >= 4 is 28.9 Å². The number of halogens is 1. The number of nitrogens with zero attached hydrogens (tertiary/aromatic N) is 2. The molecule has 0 saturated carbocycles. The Labute approximate surface area is 122 Å². The van der Waals surface area contributed by atoms with Crippen LogP contribution in [-0.2, 0) is 0 Å².